The summed E-state index contributed by atoms with van der Waals surface area (Å²) >= 11 is 0. The van der Waals surface area contributed by atoms with Gasteiger partial charge in [0.15, 0.2) is 6.10 Å². The van der Waals surface area contributed by atoms with Crippen LogP contribution in [0.1, 0.15) is 25.0 Å². The Bertz CT molecular complexity index is 774. The minimum Gasteiger partial charge on any atom is -0.464 e. The number of rotatable bonds is 7. The van der Waals surface area contributed by atoms with Crippen molar-refractivity contribution in [3.8, 4) is 0 Å². The van der Waals surface area contributed by atoms with Gasteiger partial charge >= 0.3 is 12.1 Å². The molecule has 2 rings (SSSR count). The highest BCUT2D eigenvalue weighted by Crippen LogP contribution is 2.16. The fourth-order valence-electron chi connectivity index (χ4n) is 2.47. The molecular weight excluding hydrogens is 346 g/mol. The first kappa shape index (κ1) is 20.3. The fraction of sp³-hybridized carbons (Fsp3) is 0.286. The Kier molecular flexibility index (Phi) is 7.70. The molecule has 2 atom stereocenters. The number of aliphatic hydroxyl groups excluding tert-OH is 1. The first-order valence-electron chi connectivity index (χ1n) is 8.72. The number of ether oxygens (including phenoxy) is 2. The third kappa shape index (κ3) is 6.04. The Morgan fingerprint density at radius 3 is 2.19 bits per heavy atom. The molecule has 0 aliphatic carbocycles. The molecule has 0 heterocycles. The molecule has 6 heteroatoms. The second kappa shape index (κ2) is 10.2. The van der Waals surface area contributed by atoms with Crippen LogP contribution in [0.15, 0.2) is 65.7 Å². The lowest BCUT2D eigenvalue weighted by molar-refractivity contribution is -0.154. The van der Waals surface area contributed by atoms with E-state index in [1.807, 2.05) is 36.4 Å². The van der Waals surface area contributed by atoms with Crippen molar-refractivity contribution < 1.29 is 24.2 Å². The molecule has 2 aromatic rings. The van der Waals surface area contributed by atoms with Crippen molar-refractivity contribution in [3.63, 3.8) is 0 Å². The average Bonchev–Trinajstić information content (AvgIpc) is 2.71. The first-order valence-corrected chi connectivity index (χ1v) is 8.72. The Morgan fingerprint density at radius 2 is 1.59 bits per heavy atom. The molecule has 0 spiro atoms. The van der Waals surface area contributed by atoms with Gasteiger partial charge in [0.2, 0.25) is 0 Å². The molecule has 0 fully saturated rings. The SMILES string of the molecule is CCOC(=O)[C@@H](O)[C@H](C)/C(=N/C(=O)OCc1ccccc1)c1ccccc1. The van der Waals surface area contributed by atoms with Crippen LogP contribution < -0.4 is 0 Å². The number of aliphatic hydroxyl groups is 1. The van der Waals surface area contributed by atoms with E-state index in [1.165, 1.54) is 0 Å². The lowest BCUT2D eigenvalue weighted by Crippen LogP contribution is -2.35. The van der Waals surface area contributed by atoms with Crippen molar-refractivity contribution in [3.05, 3.63) is 71.8 Å². The molecular formula is C21H23NO5. The topological polar surface area (TPSA) is 85.2 Å². The number of amides is 1. The van der Waals surface area contributed by atoms with Gasteiger partial charge in [0, 0.05) is 5.92 Å². The van der Waals surface area contributed by atoms with Gasteiger partial charge in [0.25, 0.3) is 0 Å². The van der Waals surface area contributed by atoms with Crippen molar-refractivity contribution in [1.82, 2.24) is 0 Å². The summed E-state index contributed by atoms with van der Waals surface area (Å²) in [4.78, 5) is 28.1. The molecule has 0 aliphatic rings. The van der Waals surface area contributed by atoms with Crippen molar-refractivity contribution in [2.45, 2.75) is 26.6 Å². The maximum atomic E-state index is 12.2. The minimum absolute atomic E-state index is 0.0834. The average molecular weight is 369 g/mol. The van der Waals surface area contributed by atoms with Crippen LogP contribution in [0.3, 0.4) is 0 Å². The number of esters is 1. The van der Waals surface area contributed by atoms with Crippen LogP contribution in [0.2, 0.25) is 0 Å². The number of carbonyl (C=O) groups excluding carboxylic acids is 2. The molecule has 0 saturated heterocycles. The molecule has 1 N–H and O–H groups in total. The quantitative estimate of drug-likeness (QED) is 0.597. The summed E-state index contributed by atoms with van der Waals surface area (Å²) in [5.41, 5.74) is 1.71. The number of carbonyl (C=O) groups is 2. The number of benzene rings is 2. The van der Waals surface area contributed by atoms with E-state index in [0.717, 1.165) is 5.56 Å². The van der Waals surface area contributed by atoms with Crippen LogP contribution in [0.25, 0.3) is 0 Å². The van der Waals surface area contributed by atoms with Gasteiger partial charge in [-0.3, -0.25) is 0 Å². The lowest BCUT2D eigenvalue weighted by Gasteiger charge is -2.19. The Balaban J connectivity index is 2.20. The van der Waals surface area contributed by atoms with Gasteiger partial charge in [0.1, 0.15) is 6.61 Å². The molecule has 6 nitrogen and oxygen atoms in total. The molecule has 0 bridgehead atoms. The second-order valence-electron chi connectivity index (χ2n) is 5.89. The van der Waals surface area contributed by atoms with E-state index >= 15 is 0 Å². The van der Waals surface area contributed by atoms with Crippen LogP contribution >= 0.6 is 0 Å². The van der Waals surface area contributed by atoms with E-state index in [1.54, 1.807) is 38.1 Å². The largest absolute Gasteiger partial charge is 0.464 e. The van der Waals surface area contributed by atoms with Gasteiger partial charge < -0.3 is 14.6 Å². The second-order valence-corrected chi connectivity index (χ2v) is 5.89. The molecule has 0 unspecified atom stereocenters. The van der Waals surface area contributed by atoms with Gasteiger partial charge in [-0.05, 0) is 18.1 Å². The zero-order valence-corrected chi connectivity index (χ0v) is 15.4. The van der Waals surface area contributed by atoms with Gasteiger partial charge in [-0.25, -0.2) is 9.59 Å². The molecule has 27 heavy (non-hydrogen) atoms. The molecule has 0 radical (unpaired) electrons. The predicted octanol–water partition coefficient (Wildman–Crippen LogP) is 3.37. The van der Waals surface area contributed by atoms with Crippen molar-refractivity contribution in [1.29, 1.82) is 0 Å². The van der Waals surface area contributed by atoms with Crippen LogP contribution in [0.5, 0.6) is 0 Å². The Hall–Kier alpha value is -2.99. The molecule has 0 saturated carbocycles. The van der Waals surface area contributed by atoms with Crippen LogP contribution in [0, 0.1) is 5.92 Å². The van der Waals surface area contributed by atoms with Gasteiger partial charge in [-0.2, -0.15) is 4.99 Å². The smallest absolute Gasteiger partial charge is 0.434 e. The molecule has 0 aliphatic heterocycles. The van der Waals surface area contributed by atoms with E-state index in [9.17, 15) is 14.7 Å². The number of hydrogen-bond donors (Lipinski definition) is 1. The van der Waals surface area contributed by atoms with E-state index in [4.69, 9.17) is 9.47 Å². The highest BCUT2D eigenvalue weighted by Gasteiger charge is 2.29. The minimum atomic E-state index is -1.44. The summed E-state index contributed by atoms with van der Waals surface area (Å²) in [5, 5.41) is 10.3. The summed E-state index contributed by atoms with van der Waals surface area (Å²) in [7, 11) is 0. The zero-order valence-electron chi connectivity index (χ0n) is 15.4. The number of nitrogens with zero attached hydrogens (tertiary/aromatic N) is 1. The third-order valence-electron chi connectivity index (χ3n) is 3.92. The lowest BCUT2D eigenvalue weighted by atomic mass is 9.93. The molecule has 1 amide bonds. The Labute approximate surface area is 158 Å². The Morgan fingerprint density at radius 1 is 1.00 bits per heavy atom. The normalized spacial score (nSPS) is 13.5. The van der Waals surface area contributed by atoms with Crippen LogP contribution in [-0.4, -0.2) is 35.6 Å². The zero-order chi connectivity index (χ0) is 19.6. The maximum absolute atomic E-state index is 12.2. The highest BCUT2D eigenvalue weighted by molar-refractivity contribution is 6.08. The molecule has 142 valence electrons. The van der Waals surface area contributed by atoms with Crippen molar-refractivity contribution >= 4 is 17.8 Å². The third-order valence-corrected chi connectivity index (χ3v) is 3.92. The molecule has 2 aromatic carbocycles. The fourth-order valence-corrected chi connectivity index (χ4v) is 2.47. The first-order chi connectivity index (χ1) is 13.0. The number of hydrogen-bond acceptors (Lipinski definition) is 5. The maximum Gasteiger partial charge on any atom is 0.434 e. The van der Waals surface area contributed by atoms with Gasteiger partial charge in [0.05, 0.1) is 12.3 Å². The van der Waals surface area contributed by atoms with Gasteiger partial charge in [-0.15, -0.1) is 0 Å². The highest BCUT2D eigenvalue weighted by atomic mass is 16.5. The summed E-state index contributed by atoms with van der Waals surface area (Å²) in [6.45, 7) is 3.50. The predicted molar refractivity (Wildman–Crippen MR) is 101 cm³/mol. The summed E-state index contributed by atoms with van der Waals surface area (Å²) in [6, 6.07) is 18.1. The van der Waals surface area contributed by atoms with Gasteiger partial charge in [-0.1, -0.05) is 67.6 Å². The van der Waals surface area contributed by atoms with E-state index in [2.05, 4.69) is 4.99 Å². The summed E-state index contributed by atoms with van der Waals surface area (Å²) in [5.74, 6) is -1.51. The summed E-state index contributed by atoms with van der Waals surface area (Å²) in [6.07, 6.45) is -2.23. The number of aliphatic imine (C=N–C) groups is 1. The monoisotopic (exact) mass is 369 g/mol. The summed E-state index contributed by atoms with van der Waals surface area (Å²) < 4.78 is 10.1. The van der Waals surface area contributed by atoms with E-state index in [0.29, 0.717) is 5.56 Å². The van der Waals surface area contributed by atoms with E-state index in [-0.39, 0.29) is 18.9 Å². The van der Waals surface area contributed by atoms with E-state index < -0.39 is 24.1 Å². The molecule has 0 aromatic heterocycles. The standard InChI is InChI=1S/C21H23NO5/c1-3-26-20(24)19(23)15(2)18(17-12-8-5-9-13-17)22-21(25)27-14-16-10-6-4-7-11-16/h4-13,15,19,23H,3,14H2,1-2H3/b22-18-/t15-,19+/m1/s1. The van der Waals surface area contributed by atoms with Crippen molar-refractivity contribution in [2.24, 2.45) is 10.9 Å². The van der Waals surface area contributed by atoms with Crippen LogP contribution in [0.4, 0.5) is 4.79 Å². The van der Waals surface area contributed by atoms with Crippen molar-refractivity contribution in [2.75, 3.05) is 6.61 Å². The van der Waals surface area contributed by atoms with Crippen LogP contribution in [-0.2, 0) is 20.9 Å².